The third-order valence-corrected chi connectivity index (χ3v) is 6.20. The molecule has 0 aliphatic carbocycles. The molecule has 9 heteroatoms. The van der Waals surface area contributed by atoms with Crippen LogP contribution in [-0.4, -0.2) is 60.0 Å². The number of rotatable bonds is 6. The Morgan fingerprint density at radius 1 is 1.16 bits per heavy atom. The monoisotopic (exact) mass is 457 g/mol. The maximum atomic E-state index is 12.6. The molecule has 2 heterocycles. The number of carbonyl (C=O) groups is 1. The molecule has 1 aliphatic heterocycles. The molecule has 0 bridgehead atoms. The van der Waals surface area contributed by atoms with Crippen LogP contribution in [-0.2, 0) is 4.79 Å². The molecule has 3 aromatic rings. The standard InChI is InChI=1S/C22H24ClN5O2S/c1-15-5-3-6-16(13-15)21-25-26-22(30-21)31-14-19(29)24-18-8-4-7-17(23)20(18)28-11-9-27(2)10-12-28/h3-8,13H,9-12,14H2,1-2H3,(H,24,29). The number of benzene rings is 2. The van der Waals surface area contributed by atoms with E-state index in [4.69, 9.17) is 16.0 Å². The summed E-state index contributed by atoms with van der Waals surface area (Å²) in [6, 6.07) is 13.4. The van der Waals surface area contributed by atoms with E-state index in [-0.39, 0.29) is 11.7 Å². The molecule has 31 heavy (non-hydrogen) atoms. The molecule has 0 unspecified atom stereocenters. The lowest BCUT2D eigenvalue weighted by atomic mass is 10.1. The van der Waals surface area contributed by atoms with E-state index < -0.39 is 0 Å². The molecular formula is C22H24ClN5O2S. The Hall–Kier alpha value is -2.55. The topological polar surface area (TPSA) is 74.5 Å². The minimum Gasteiger partial charge on any atom is -0.411 e. The van der Waals surface area contributed by atoms with Crippen molar-refractivity contribution in [1.29, 1.82) is 0 Å². The van der Waals surface area contributed by atoms with Crippen LogP contribution in [0.25, 0.3) is 11.5 Å². The fraction of sp³-hybridized carbons (Fsp3) is 0.318. The fourth-order valence-corrected chi connectivity index (χ4v) is 4.30. The van der Waals surface area contributed by atoms with E-state index in [1.165, 1.54) is 11.8 Å². The van der Waals surface area contributed by atoms with Crippen LogP contribution >= 0.6 is 23.4 Å². The molecule has 0 atom stereocenters. The zero-order valence-electron chi connectivity index (χ0n) is 17.5. The maximum Gasteiger partial charge on any atom is 0.277 e. The van der Waals surface area contributed by atoms with E-state index in [0.29, 0.717) is 21.8 Å². The summed E-state index contributed by atoms with van der Waals surface area (Å²) in [6.07, 6.45) is 0. The van der Waals surface area contributed by atoms with Gasteiger partial charge in [-0.2, -0.15) is 0 Å². The lowest BCUT2D eigenvalue weighted by molar-refractivity contribution is -0.113. The largest absolute Gasteiger partial charge is 0.411 e. The molecule has 7 nitrogen and oxygen atoms in total. The summed E-state index contributed by atoms with van der Waals surface area (Å²) >= 11 is 7.69. The van der Waals surface area contributed by atoms with Crippen molar-refractivity contribution in [3.63, 3.8) is 0 Å². The SMILES string of the molecule is Cc1cccc(-c2nnc(SCC(=O)Nc3cccc(Cl)c3N3CCN(C)CC3)o2)c1. The third-order valence-electron chi connectivity index (χ3n) is 5.08. The molecule has 0 spiro atoms. The number of thioether (sulfide) groups is 1. The summed E-state index contributed by atoms with van der Waals surface area (Å²) in [6.45, 7) is 5.64. The average Bonchev–Trinajstić information content (AvgIpc) is 3.23. The van der Waals surface area contributed by atoms with Gasteiger partial charge in [0.2, 0.25) is 11.8 Å². The molecule has 0 radical (unpaired) electrons. The quantitative estimate of drug-likeness (QED) is 0.556. The summed E-state index contributed by atoms with van der Waals surface area (Å²) in [4.78, 5) is 17.1. The number of halogens is 1. The van der Waals surface area contributed by atoms with Crippen molar-refractivity contribution in [1.82, 2.24) is 15.1 Å². The first-order chi connectivity index (χ1) is 15.0. The first-order valence-electron chi connectivity index (χ1n) is 10.0. The van der Waals surface area contributed by atoms with Gasteiger partial charge in [-0.05, 0) is 38.2 Å². The number of hydrogen-bond acceptors (Lipinski definition) is 7. The van der Waals surface area contributed by atoms with E-state index in [1.54, 1.807) is 0 Å². The van der Waals surface area contributed by atoms with E-state index in [9.17, 15) is 4.79 Å². The molecule has 1 aliphatic rings. The molecule has 1 N–H and O–H groups in total. The van der Waals surface area contributed by atoms with Crippen LogP contribution in [0.4, 0.5) is 11.4 Å². The zero-order valence-corrected chi connectivity index (χ0v) is 19.0. The number of hydrogen-bond donors (Lipinski definition) is 1. The third kappa shape index (κ3) is 5.39. The molecule has 1 saturated heterocycles. The summed E-state index contributed by atoms with van der Waals surface area (Å²) in [5.41, 5.74) is 3.56. The summed E-state index contributed by atoms with van der Waals surface area (Å²) in [5.74, 6) is 0.446. The van der Waals surface area contributed by atoms with Gasteiger partial charge in [-0.1, -0.05) is 47.1 Å². The average molecular weight is 458 g/mol. The van der Waals surface area contributed by atoms with E-state index >= 15 is 0 Å². The van der Waals surface area contributed by atoms with Gasteiger partial charge in [-0.15, -0.1) is 10.2 Å². The highest BCUT2D eigenvalue weighted by molar-refractivity contribution is 7.99. The Kier molecular flexibility index (Phi) is 6.80. The number of amides is 1. The summed E-state index contributed by atoms with van der Waals surface area (Å²) in [7, 11) is 2.10. The summed E-state index contributed by atoms with van der Waals surface area (Å²) < 4.78 is 5.70. The number of piperazine rings is 1. The second-order valence-corrected chi connectivity index (χ2v) is 8.84. The van der Waals surface area contributed by atoms with Crippen molar-refractivity contribution in [2.45, 2.75) is 12.1 Å². The molecule has 2 aromatic carbocycles. The van der Waals surface area contributed by atoms with Gasteiger partial charge in [0.05, 0.1) is 22.2 Å². The fourth-order valence-electron chi connectivity index (χ4n) is 3.44. The number of nitrogens with zero attached hydrogens (tertiary/aromatic N) is 4. The van der Waals surface area contributed by atoms with Gasteiger partial charge in [-0.25, -0.2) is 0 Å². The number of carbonyl (C=O) groups excluding carboxylic acids is 1. The van der Waals surface area contributed by atoms with Crippen LogP contribution < -0.4 is 10.2 Å². The van der Waals surface area contributed by atoms with E-state index in [2.05, 4.69) is 32.4 Å². The van der Waals surface area contributed by atoms with E-state index in [1.807, 2.05) is 49.4 Å². The van der Waals surface area contributed by atoms with E-state index in [0.717, 1.165) is 43.0 Å². The molecule has 0 saturated carbocycles. The van der Waals surface area contributed by atoms with Crippen LogP contribution in [0.15, 0.2) is 52.1 Å². The van der Waals surface area contributed by atoms with Crippen LogP contribution in [0.2, 0.25) is 5.02 Å². The van der Waals surface area contributed by atoms with Crippen LogP contribution in [0, 0.1) is 6.92 Å². The normalized spacial score (nSPS) is 14.6. The number of para-hydroxylation sites is 1. The molecule has 1 amide bonds. The number of likely N-dealkylation sites (N-methyl/N-ethyl adjacent to an activating group) is 1. The van der Waals surface area contributed by atoms with Crippen molar-refractivity contribution in [3.8, 4) is 11.5 Å². The molecule has 1 fully saturated rings. The highest BCUT2D eigenvalue weighted by atomic mass is 35.5. The van der Waals surface area contributed by atoms with Crippen molar-refractivity contribution in [3.05, 3.63) is 53.1 Å². The zero-order chi connectivity index (χ0) is 21.8. The number of aryl methyl sites for hydroxylation is 1. The van der Waals surface area contributed by atoms with Crippen molar-refractivity contribution in [2.75, 3.05) is 49.2 Å². The Morgan fingerprint density at radius 3 is 2.71 bits per heavy atom. The maximum absolute atomic E-state index is 12.6. The smallest absolute Gasteiger partial charge is 0.277 e. The Bertz CT molecular complexity index is 1070. The Labute approximate surface area is 190 Å². The Balaban J connectivity index is 1.39. The molecule has 1 aromatic heterocycles. The van der Waals surface area contributed by atoms with Crippen molar-refractivity contribution < 1.29 is 9.21 Å². The predicted molar refractivity (Wildman–Crippen MR) is 125 cm³/mol. The van der Waals surface area contributed by atoms with Gasteiger partial charge in [0, 0.05) is 31.7 Å². The lowest BCUT2D eigenvalue weighted by Crippen LogP contribution is -2.44. The highest BCUT2D eigenvalue weighted by Crippen LogP contribution is 2.35. The number of nitrogens with one attached hydrogen (secondary N) is 1. The summed E-state index contributed by atoms with van der Waals surface area (Å²) in [5, 5.41) is 12.1. The highest BCUT2D eigenvalue weighted by Gasteiger charge is 2.21. The van der Waals surface area contributed by atoms with Gasteiger partial charge < -0.3 is 19.5 Å². The minimum atomic E-state index is -0.155. The minimum absolute atomic E-state index is 0.155. The Morgan fingerprint density at radius 2 is 1.94 bits per heavy atom. The first-order valence-corrected chi connectivity index (χ1v) is 11.4. The second-order valence-electron chi connectivity index (χ2n) is 7.51. The molecule has 162 valence electrons. The van der Waals surface area contributed by atoms with Gasteiger partial charge in [-0.3, -0.25) is 4.79 Å². The number of aromatic nitrogens is 2. The van der Waals surface area contributed by atoms with Crippen LogP contribution in [0.5, 0.6) is 0 Å². The molecular weight excluding hydrogens is 434 g/mol. The van der Waals surface area contributed by atoms with Gasteiger partial charge >= 0.3 is 0 Å². The van der Waals surface area contributed by atoms with Crippen molar-refractivity contribution in [2.24, 2.45) is 0 Å². The predicted octanol–water partition coefficient (Wildman–Crippen LogP) is 4.18. The second kappa shape index (κ2) is 9.72. The van der Waals surface area contributed by atoms with Crippen LogP contribution in [0.3, 0.4) is 0 Å². The lowest BCUT2D eigenvalue weighted by Gasteiger charge is -2.35. The first kappa shape index (κ1) is 21.7. The van der Waals surface area contributed by atoms with Gasteiger partial charge in [0.25, 0.3) is 5.22 Å². The number of anilines is 2. The van der Waals surface area contributed by atoms with Gasteiger partial charge in [0.15, 0.2) is 0 Å². The van der Waals surface area contributed by atoms with Crippen molar-refractivity contribution >= 4 is 40.6 Å². The van der Waals surface area contributed by atoms with Gasteiger partial charge in [0.1, 0.15) is 0 Å². The van der Waals surface area contributed by atoms with Crippen LogP contribution in [0.1, 0.15) is 5.56 Å². The molecule has 4 rings (SSSR count).